The maximum absolute atomic E-state index is 10.5. The van der Waals surface area contributed by atoms with E-state index in [4.69, 9.17) is 11.6 Å². The molecule has 1 rings (SSSR count). The van der Waals surface area contributed by atoms with Crippen LogP contribution in [0.4, 0.5) is 0 Å². The third kappa shape index (κ3) is 2.82. The van der Waals surface area contributed by atoms with E-state index in [-0.39, 0.29) is 0 Å². The number of hydrogen-bond acceptors (Lipinski definition) is 2. The summed E-state index contributed by atoms with van der Waals surface area (Å²) < 4.78 is 0. The second-order valence-electron chi connectivity index (χ2n) is 2.70. The van der Waals surface area contributed by atoms with Gasteiger partial charge in [-0.25, -0.2) is 0 Å². The Balaban J connectivity index is 2.94. The van der Waals surface area contributed by atoms with Crippen LogP contribution >= 0.6 is 11.6 Å². The number of hydrogen-bond donors (Lipinski definition) is 0. The van der Waals surface area contributed by atoms with E-state index in [9.17, 15) is 9.59 Å². The van der Waals surface area contributed by atoms with E-state index < -0.39 is 0 Å². The lowest BCUT2D eigenvalue weighted by Gasteiger charge is -1.98. The molecule has 3 heteroatoms. The predicted octanol–water partition coefficient (Wildman–Crippen LogP) is 2.75. The summed E-state index contributed by atoms with van der Waals surface area (Å²) >= 11 is 5.88. The lowest BCUT2D eigenvalue weighted by atomic mass is 10.1. The molecule has 0 radical (unpaired) electrons. The molecule has 72 valence electrons. The molecule has 0 N–H and O–H groups in total. The van der Waals surface area contributed by atoms with Gasteiger partial charge in [0.25, 0.3) is 0 Å². The molecule has 0 aliphatic heterocycles. The van der Waals surface area contributed by atoms with Crippen LogP contribution in [0.3, 0.4) is 0 Å². The minimum Gasteiger partial charge on any atom is -0.303 e. The second kappa shape index (κ2) is 5.35. The Labute approximate surface area is 87.2 Å². The number of halogens is 1. The second-order valence-corrected chi connectivity index (χ2v) is 3.11. The zero-order chi connectivity index (χ0) is 10.4. The largest absolute Gasteiger partial charge is 0.303 e. The van der Waals surface area contributed by atoms with E-state index in [1.165, 1.54) is 0 Å². The first-order chi connectivity index (χ1) is 6.77. The summed E-state index contributed by atoms with van der Waals surface area (Å²) in [7, 11) is 0. The van der Waals surface area contributed by atoms with Crippen molar-refractivity contribution in [2.45, 2.75) is 6.42 Å². The molecule has 0 heterocycles. The molecule has 0 bridgehead atoms. The Hall–Kier alpha value is -1.41. The van der Waals surface area contributed by atoms with E-state index in [1.54, 1.807) is 30.4 Å². The summed E-state index contributed by atoms with van der Waals surface area (Å²) in [5, 5.41) is 0.567. The van der Waals surface area contributed by atoms with Gasteiger partial charge in [-0.1, -0.05) is 29.8 Å². The van der Waals surface area contributed by atoms with E-state index >= 15 is 0 Å². The summed E-state index contributed by atoms with van der Waals surface area (Å²) in [6.07, 6.45) is 5.33. The Bertz CT molecular complexity index is 370. The van der Waals surface area contributed by atoms with Gasteiger partial charge < -0.3 is 4.79 Å². The third-order valence-corrected chi connectivity index (χ3v) is 2.03. The van der Waals surface area contributed by atoms with Crippen LogP contribution in [-0.4, -0.2) is 12.6 Å². The Morgan fingerprint density at radius 3 is 2.71 bits per heavy atom. The first kappa shape index (κ1) is 10.7. The number of rotatable bonds is 4. The summed E-state index contributed by atoms with van der Waals surface area (Å²) in [5.41, 5.74) is 1.32. The van der Waals surface area contributed by atoms with Crippen molar-refractivity contribution >= 4 is 30.2 Å². The number of carbonyl (C=O) groups is 2. The Morgan fingerprint density at radius 1 is 1.29 bits per heavy atom. The minimum atomic E-state index is 0.349. The highest BCUT2D eigenvalue weighted by molar-refractivity contribution is 6.32. The van der Waals surface area contributed by atoms with Crippen molar-refractivity contribution in [1.82, 2.24) is 0 Å². The fourth-order valence-corrected chi connectivity index (χ4v) is 1.19. The molecule has 0 atom stereocenters. The smallest absolute Gasteiger partial charge is 0.150 e. The van der Waals surface area contributed by atoms with Gasteiger partial charge in [0.05, 0.1) is 0 Å². The van der Waals surface area contributed by atoms with E-state index in [0.29, 0.717) is 17.0 Å². The fourth-order valence-electron chi connectivity index (χ4n) is 1.01. The van der Waals surface area contributed by atoms with Gasteiger partial charge in [-0.15, -0.1) is 0 Å². The lowest BCUT2D eigenvalue weighted by molar-refractivity contribution is -0.107. The van der Waals surface area contributed by atoms with Crippen molar-refractivity contribution in [3.63, 3.8) is 0 Å². The molecule has 1 aromatic carbocycles. The maximum Gasteiger partial charge on any atom is 0.150 e. The van der Waals surface area contributed by atoms with E-state index in [0.717, 1.165) is 18.1 Å². The summed E-state index contributed by atoms with van der Waals surface area (Å²) in [6.45, 7) is 0. The molecule has 0 fully saturated rings. The topological polar surface area (TPSA) is 34.1 Å². The maximum atomic E-state index is 10.5. The number of allylic oxidation sites excluding steroid dienone is 1. The highest BCUT2D eigenvalue weighted by atomic mass is 35.5. The number of carbonyl (C=O) groups excluding carboxylic acids is 2. The van der Waals surface area contributed by atoms with E-state index in [1.807, 2.05) is 0 Å². The van der Waals surface area contributed by atoms with Crippen LogP contribution in [0.5, 0.6) is 0 Å². The number of benzene rings is 1. The molecule has 0 aliphatic rings. The average molecular weight is 209 g/mol. The molecule has 14 heavy (non-hydrogen) atoms. The lowest BCUT2D eigenvalue weighted by Crippen LogP contribution is -1.82. The molecule has 0 aromatic heterocycles. The zero-order valence-electron chi connectivity index (χ0n) is 7.44. The van der Waals surface area contributed by atoms with Crippen LogP contribution in [0.15, 0.2) is 24.3 Å². The minimum absolute atomic E-state index is 0.349. The van der Waals surface area contributed by atoms with Crippen molar-refractivity contribution in [2.24, 2.45) is 0 Å². The SMILES string of the molecule is O=CCC=Cc1cc(C=O)ccc1Cl. The molecule has 0 aliphatic carbocycles. The quantitative estimate of drug-likeness (QED) is 0.713. The van der Waals surface area contributed by atoms with E-state index in [2.05, 4.69) is 0 Å². The Kier molecular flexibility index (Phi) is 4.08. The molecular weight excluding hydrogens is 200 g/mol. The molecule has 2 nitrogen and oxygen atoms in total. The summed E-state index contributed by atoms with van der Waals surface area (Å²) in [5.74, 6) is 0. The highest BCUT2D eigenvalue weighted by Crippen LogP contribution is 2.18. The molecule has 0 unspecified atom stereocenters. The van der Waals surface area contributed by atoms with Crippen molar-refractivity contribution in [1.29, 1.82) is 0 Å². The van der Waals surface area contributed by atoms with Crippen molar-refractivity contribution in [2.75, 3.05) is 0 Å². The van der Waals surface area contributed by atoms with Gasteiger partial charge in [0.15, 0.2) is 0 Å². The van der Waals surface area contributed by atoms with Crippen molar-refractivity contribution in [3.8, 4) is 0 Å². The Morgan fingerprint density at radius 2 is 2.07 bits per heavy atom. The van der Waals surface area contributed by atoms with Crippen LogP contribution in [0, 0.1) is 0 Å². The summed E-state index contributed by atoms with van der Waals surface area (Å²) in [4.78, 5) is 20.5. The van der Waals surface area contributed by atoms with Gasteiger partial charge >= 0.3 is 0 Å². The predicted molar refractivity (Wildman–Crippen MR) is 56.6 cm³/mol. The molecular formula is C11H9ClO2. The van der Waals surface area contributed by atoms with Crippen LogP contribution in [0.25, 0.3) is 6.08 Å². The van der Waals surface area contributed by atoms with Gasteiger partial charge in [-0.3, -0.25) is 4.79 Å². The highest BCUT2D eigenvalue weighted by Gasteiger charge is 1.97. The normalized spacial score (nSPS) is 10.4. The molecule has 0 saturated heterocycles. The van der Waals surface area contributed by atoms with Crippen molar-refractivity contribution < 1.29 is 9.59 Å². The van der Waals surface area contributed by atoms with Gasteiger partial charge in [0.1, 0.15) is 12.6 Å². The van der Waals surface area contributed by atoms with Gasteiger partial charge in [-0.05, 0) is 17.7 Å². The molecule has 0 spiro atoms. The standard InChI is InChI=1S/C11H9ClO2/c12-11-5-4-9(8-14)7-10(11)3-1-2-6-13/h1,3-8H,2H2. The third-order valence-electron chi connectivity index (χ3n) is 1.69. The molecule has 0 saturated carbocycles. The first-order valence-corrected chi connectivity index (χ1v) is 4.50. The molecule has 0 amide bonds. The van der Waals surface area contributed by atoms with Crippen LogP contribution in [0.1, 0.15) is 22.3 Å². The molecule has 1 aromatic rings. The van der Waals surface area contributed by atoms with Crippen LogP contribution in [0.2, 0.25) is 5.02 Å². The average Bonchev–Trinajstić information content (AvgIpc) is 2.21. The zero-order valence-corrected chi connectivity index (χ0v) is 8.20. The fraction of sp³-hybridized carbons (Fsp3) is 0.0909. The van der Waals surface area contributed by atoms with Crippen LogP contribution < -0.4 is 0 Å². The van der Waals surface area contributed by atoms with Crippen LogP contribution in [-0.2, 0) is 4.79 Å². The summed E-state index contributed by atoms with van der Waals surface area (Å²) in [6, 6.07) is 4.98. The first-order valence-electron chi connectivity index (χ1n) is 4.13. The van der Waals surface area contributed by atoms with Gasteiger partial charge in [0, 0.05) is 17.0 Å². The van der Waals surface area contributed by atoms with Gasteiger partial charge in [-0.2, -0.15) is 0 Å². The van der Waals surface area contributed by atoms with Gasteiger partial charge in [0.2, 0.25) is 0 Å². The van der Waals surface area contributed by atoms with Crippen molar-refractivity contribution in [3.05, 3.63) is 40.4 Å². The monoisotopic (exact) mass is 208 g/mol. The number of aldehydes is 2.